The quantitative estimate of drug-likeness (QED) is 0.819. The van der Waals surface area contributed by atoms with Gasteiger partial charge in [0.25, 0.3) is 0 Å². The molecule has 1 aliphatic carbocycles. The average Bonchev–Trinajstić information content (AvgIpc) is 3.23. The molecule has 0 aromatic rings. The van der Waals surface area contributed by atoms with Gasteiger partial charge in [-0.25, -0.2) is 9.59 Å². The van der Waals surface area contributed by atoms with Crippen molar-refractivity contribution in [3.63, 3.8) is 0 Å². The van der Waals surface area contributed by atoms with Gasteiger partial charge in [-0.05, 0) is 46.0 Å². The van der Waals surface area contributed by atoms with Gasteiger partial charge in [0, 0.05) is 37.8 Å². The summed E-state index contributed by atoms with van der Waals surface area (Å²) in [5.41, 5.74) is 0.0262. The molecule has 3 heterocycles. The molecule has 1 N–H and O–H groups in total. The first-order valence-corrected chi connectivity index (χ1v) is 10.8. The van der Waals surface area contributed by atoms with E-state index in [1.165, 1.54) is 12.8 Å². The van der Waals surface area contributed by atoms with Crippen LogP contribution in [0.4, 0.5) is 9.59 Å². The Bertz CT molecular complexity index is 578. The zero-order valence-electron chi connectivity index (χ0n) is 16.8. The van der Waals surface area contributed by atoms with E-state index >= 15 is 0 Å². The van der Waals surface area contributed by atoms with Crippen molar-refractivity contribution < 1.29 is 14.3 Å². The van der Waals surface area contributed by atoms with Crippen LogP contribution in [0.25, 0.3) is 0 Å². The first-order valence-electron chi connectivity index (χ1n) is 10.8. The summed E-state index contributed by atoms with van der Waals surface area (Å²) in [6, 6.07) is 1.30. The number of urea groups is 1. The van der Waals surface area contributed by atoms with Crippen LogP contribution in [0.1, 0.15) is 58.8 Å². The molecule has 27 heavy (non-hydrogen) atoms. The van der Waals surface area contributed by atoms with Gasteiger partial charge in [0.1, 0.15) is 0 Å². The highest BCUT2D eigenvalue weighted by Gasteiger charge is 2.47. The number of likely N-dealkylation sites (tertiary alicyclic amines) is 2. The molecule has 7 heteroatoms. The summed E-state index contributed by atoms with van der Waals surface area (Å²) in [7, 11) is 0. The molecule has 0 bridgehead atoms. The van der Waals surface area contributed by atoms with Crippen molar-refractivity contribution in [3.05, 3.63) is 0 Å². The molecule has 3 amide bonds. The van der Waals surface area contributed by atoms with Crippen LogP contribution in [0.5, 0.6) is 0 Å². The smallest absolute Gasteiger partial charge is 0.409 e. The molecule has 152 valence electrons. The van der Waals surface area contributed by atoms with Gasteiger partial charge in [0.15, 0.2) is 0 Å². The SMILES string of the molecule is CCOC(=O)N1CCC(C)(N2CCC(N3C(=O)N[C@@H]4CCCC[C@H]43)CC2)C1. The molecule has 4 rings (SSSR count). The number of ether oxygens (including phenoxy) is 1. The van der Waals surface area contributed by atoms with E-state index in [2.05, 4.69) is 22.0 Å². The largest absolute Gasteiger partial charge is 0.450 e. The van der Waals surface area contributed by atoms with Crippen LogP contribution >= 0.6 is 0 Å². The zero-order chi connectivity index (χ0) is 19.0. The minimum absolute atomic E-state index is 0.0262. The third-order valence-corrected chi connectivity index (χ3v) is 7.23. The molecule has 7 nitrogen and oxygen atoms in total. The van der Waals surface area contributed by atoms with Crippen LogP contribution in [0.3, 0.4) is 0 Å². The number of nitrogens with zero attached hydrogens (tertiary/aromatic N) is 3. The molecule has 0 aromatic carbocycles. The summed E-state index contributed by atoms with van der Waals surface area (Å²) in [4.78, 5) is 31.2. The van der Waals surface area contributed by atoms with E-state index in [1.54, 1.807) is 0 Å². The zero-order valence-corrected chi connectivity index (χ0v) is 16.8. The lowest BCUT2D eigenvalue weighted by Gasteiger charge is -2.45. The van der Waals surface area contributed by atoms with E-state index in [9.17, 15) is 9.59 Å². The highest BCUT2D eigenvalue weighted by molar-refractivity contribution is 5.78. The van der Waals surface area contributed by atoms with Crippen molar-refractivity contribution in [3.8, 4) is 0 Å². The predicted octanol–water partition coefficient (Wildman–Crippen LogP) is 2.41. The fourth-order valence-electron chi connectivity index (χ4n) is 5.69. The Labute approximate surface area is 162 Å². The normalized spacial score (nSPS) is 35.3. The fraction of sp³-hybridized carbons (Fsp3) is 0.900. The second-order valence-electron chi connectivity index (χ2n) is 8.90. The van der Waals surface area contributed by atoms with Crippen LogP contribution in [-0.2, 0) is 4.74 Å². The Morgan fingerprint density at radius 3 is 2.67 bits per heavy atom. The lowest BCUT2D eigenvalue weighted by atomic mass is 9.88. The molecule has 3 atom stereocenters. The first-order chi connectivity index (χ1) is 13.0. The molecule has 0 aromatic heterocycles. The van der Waals surface area contributed by atoms with Gasteiger partial charge < -0.3 is 19.9 Å². The fourth-order valence-corrected chi connectivity index (χ4v) is 5.69. The van der Waals surface area contributed by atoms with Crippen LogP contribution in [0.2, 0.25) is 0 Å². The number of carbonyl (C=O) groups is 2. The third kappa shape index (κ3) is 3.50. The number of hydrogen-bond acceptors (Lipinski definition) is 4. The maximum atomic E-state index is 12.6. The highest BCUT2D eigenvalue weighted by Crippen LogP contribution is 2.35. The number of amides is 3. The Kier molecular flexibility index (Phi) is 5.23. The van der Waals surface area contributed by atoms with Gasteiger partial charge in [0.05, 0.1) is 18.7 Å². The molecular weight excluding hydrogens is 344 g/mol. The second-order valence-corrected chi connectivity index (χ2v) is 8.90. The van der Waals surface area contributed by atoms with Gasteiger partial charge in [-0.15, -0.1) is 0 Å². The minimum atomic E-state index is -0.187. The molecule has 3 aliphatic heterocycles. The Morgan fingerprint density at radius 2 is 1.93 bits per heavy atom. The van der Waals surface area contributed by atoms with E-state index in [0.29, 0.717) is 24.7 Å². The summed E-state index contributed by atoms with van der Waals surface area (Å²) in [5, 5.41) is 3.22. The van der Waals surface area contributed by atoms with Crippen LogP contribution in [0.15, 0.2) is 0 Å². The van der Waals surface area contributed by atoms with Crippen molar-refractivity contribution in [2.45, 2.75) is 82.5 Å². The van der Waals surface area contributed by atoms with E-state index < -0.39 is 0 Å². The van der Waals surface area contributed by atoms with Gasteiger partial charge in [-0.1, -0.05) is 12.8 Å². The molecule has 0 spiro atoms. The molecular formula is C20H34N4O3. The first kappa shape index (κ1) is 18.8. The van der Waals surface area contributed by atoms with Crippen LogP contribution in [-0.4, -0.2) is 83.3 Å². The van der Waals surface area contributed by atoms with E-state index in [1.807, 2.05) is 11.8 Å². The average molecular weight is 379 g/mol. The maximum Gasteiger partial charge on any atom is 0.409 e. The summed E-state index contributed by atoms with van der Waals surface area (Å²) < 4.78 is 5.17. The lowest BCUT2D eigenvalue weighted by Crippen LogP contribution is -2.56. The maximum absolute atomic E-state index is 12.6. The summed E-state index contributed by atoms with van der Waals surface area (Å²) >= 11 is 0. The Morgan fingerprint density at radius 1 is 1.19 bits per heavy atom. The molecule has 1 saturated carbocycles. The van der Waals surface area contributed by atoms with Crippen molar-refractivity contribution in [2.75, 3.05) is 32.8 Å². The van der Waals surface area contributed by atoms with Crippen LogP contribution < -0.4 is 5.32 Å². The lowest BCUT2D eigenvalue weighted by molar-refractivity contribution is 0.0426. The van der Waals surface area contributed by atoms with E-state index in [-0.39, 0.29) is 17.7 Å². The van der Waals surface area contributed by atoms with E-state index in [0.717, 1.165) is 58.3 Å². The predicted molar refractivity (Wildman–Crippen MR) is 103 cm³/mol. The van der Waals surface area contributed by atoms with Gasteiger partial charge >= 0.3 is 12.1 Å². The standard InChI is InChI=1S/C20H34N4O3/c1-3-27-19(26)22-13-10-20(2,14-22)23-11-8-15(9-12-23)24-17-7-5-4-6-16(17)21-18(24)25/h15-17H,3-14H2,1-2H3,(H,21,25)/t16-,17-,20?/m1/s1. The molecule has 1 unspecified atom stereocenters. The van der Waals surface area contributed by atoms with Crippen molar-refractivity contribution in [1.29, 1.82) is 0 Å². The molecule has 4 fully saturated rings. The molecule has 4 aliphatic rings. The minimum Gasteiger partial charge on any atom is -0.450 e. The highest BCUT2D eigenvalue weighted by atomic mass is 16.6. The van der Waals surface area contributed by atoms with Crippen LogP contribution in [0, 0.1) is 0 Å². The summed E-state index contributed by atoms with van der Waals surface area (Å²) in [6.45, 7) is 8.06. The number of fused-ring (bicyclic) bond motifs is 1. The van der Waals surface area contributed by atoms with Crippen molar-refractivity contribution in [2.24, 2.45) is 0 Å². The number of hydrogen-bond donors (Lipinski definition) is 1. The number of rotatable bonds is 3. The topological polar surface area (TPSA) is 65.1 Å². The summed E-state index contributed by atoms with van der Waals surface area (Å²) in [6.07, 6.45) is 7.63. The van der Waals surface area contributed by atoms with Gasteiger partial charge in [-0.3, -0.25) is 4.90 Å². The Hall–Kier alpha value is -1.50. The second kappa shape index (κ2) is 7.49. The number of nitrogens with one attached hydrogen (secondary N) is 1. The Balaban J connectivity index is 1.34. The molecule has 3 saturated heterocycles. The monoisotopic (exact) mass is 378 g/mol. The number of carbonyl (C=O) groups excluding carboxylic acids is 2. The summed E-state index contributed by atoms with van der Waals surface area (Å²) in [5.74, 6) is 0. The third-order valence-electron chi connectivity index (χ3n) is 7.23. The van der Waals surface area contributed by atoms with Crippen molar-refractivity contribution in [1.82, 2.24) is 20.0 Å². The van der Waals surface area contributed by atoms with Gasteiger partial charge in [-0.2, -0.15) is 0 Å². The number of piperidine rings is 1. The van der Waals surface area contributed by atoms with E-state index in [4.69, 9.17) is 4.74 Å². The van der Waals surface area contributed by atoms with Crippen molar-refractivity contribution >= 4 is 12.1 Å². The molecule has 0 radical (unpaired) electrons. The van der Waals surface area contributed by atoms with Gasteiger partial charge in [0.2, 0.25) is 0 Å².